The van der Waals surface area contributed by atoms with Gasteiger partial charge in [0.05, 0.1) is 31.9 Å². The molecule has 1 heterocycles. The summed E-state index contributed by atoms with van der Waals surface area (Å²) in [6.45, 7) is 2.31. The lowest BCUT2D eigenvalue weighted by atomic mass is 10.2. The molecule has 2 aromatic rings. The zero-order valence-corrected chi connectivity index (χ0v) is 15.0. The first-order valence-corrected chi connectivity index (χ1v) is 8.07. The van der Waals surface area contributed by atoms with E-state index in [0.29, 0.717) is 6.61 Å². The first-order valence-electron chi connectivity index (χ1n) is 7.69. The second kappa shape index (κ2) is 9.08. The van der Waals surface area contributed by atoms with Crippen LogP contribution in [0.3, 0.4) is 0 Å². The van der Waals surface area contributed by atoms with Crippen LogP contribution in [-0.4, -0.2) is 36.8 Å². The van der Waals surface area contributed by atoms with Crippen LogP contribution < -0.4 is 14.2 Å². The van der Waals surface area contributed by atoms with Gasteiger partial charge in [-0.25, -0.2) is 4.79 Å². The Balaban J connectivity index is 2.31. The number of methoxy groups -OCH3 is 2. The maximum Gasteiger partial charge on any atom is 0.343 e. The summed E-state index contributed by atoms with van der Waals surface area (Å²) in [5.74, 6) is 0.139. The van der Waals surface area contributed by atoms with Crippen molar-refractivity contribution in [2.75, 3.05) is 20.8 Å². The van der Waals surface area contributed by atoms with Gasteiger partial charge in [-0.15, -0.1) is 0 Å². The van der Waals surface area contributed by atoms with Crippen molar-refractivity contribution in [3.63, 3.8) is 0 Å². The first kappa shape index (κ1) is 18.8. The molecule has 1 aromatic carbocycles. The van der Waals surface area contributed by atoms with E-state index in [2.05, 4.69) is 9.97 Å². The Bertz CT molecular complexity index is 717. The number of aromatic nitrogens is 2. The van der Waals surface area contributed by atoms with Crippen LogP contribution in [0.15, 0.2) is 24.3 Å². The Morgan fingerprint density at radius 3 is 2.44 bits per heavy atom. The van der Waals surface area contributed by atoms with Crippen LogP contribution in [0.2, 0.25) is 5.02 Å². The van der Waals surface area contributed by atoms with Crippen molar-refractivity contribution in [2.24, 2.45) is 0 Å². The zero-order chi connectivity index (χ0) is 18.2. The number of halogens is 1. The number of ether oxygens (including phenoxy) is 4. The van der Waals surface area contributed by atoms with Gasteiger partial charge < -0.3 is 18.9 Å². The molecule has 0 spiro atoms. The molecule has 2 rings (SSSR count). The standard InChI is InChI=1S/C17H19ClN2O5/c1-4-5-9-24-16(21)15-11(18)7-6-8-12(15)25-17-19-13(22-2)10-14(20-17)23-3/h6-8,10H,4-5,9H2,1-3H3. The van der Waals surface area contributed by atoms with E-state index in [1.807, 2.05) is 6.92 Å². The Kier molecular flexibility index (Phi) is 6.82. The normalized spacial score (nSPS) is 10.2. The van der Waals surface area contributed by atoms with Crippen molar-refractivity contribution in [3.8, 4) is 23.5 Å². The summed E-state index contributed by atoms with van der Waals surface area (Å²) in [6.07, 6.45) is 1.68. The molecule has 0 N–H and O–H groups in total. The third kappa shape index (κ3) is 4.96. The molecular formula is C17H19ClN2O5. The summed E-state index contributed by atoms with van der Waals surface area (Å²) < 4.78 is 21.0. The van der Waals surface area contributed by atoms with Crippen LogP contribution in [0, 0.1) is 0 Å². The highest BCUT2D eigenvalue weighted by Crippen LogP contribution is 2.31. The van der Waals surface area contributed by atoms with Crippen molar-refractivity contribution >= 4 is 17.6 Å². The fourth-order valence-electron chi connectivity index (χ4n) is 1.91. The maximum atomic E-state index is 12.3. The van der Waals surface area contributed by atoms with Gasteiger partial charge in [-0.2, -0.15) is 9.97 Å². The molecule has 0 bridgehead atoms. The average molecular weight is 367 g/mol. The van der Waals surface area contributed by atoms with Gasteiger partial charge in [0, 0.05) is 0 Å². The van der Waals surface area contributed by atoms with E-state index >= 15 is 0 Å². The molecule has 0 radical (unpaired) electrons. The van der Waals surface area contributed by atoms with Gasteiger partial charge in [0.1, 0.15) is 11.3 Å². The van der Waals surface area contributed by atoms with E-state index in [0.717, 1.165) is 12.8 Å². The molecule has 0 aliphatic carbocycles. The number of benzene rings is 1. The SMILES string of the molecule is CCCCOC(=O)c1c(Cl)cccc1Oc1nc(OC)cc(OC)n1. The summed E-state index contributed by atoms with van der Waals surface area (Å²) in [4.78, 5) is 20.5. The van der Waals surface area contributed by atoms with E-state index in [-0.39, 0.29) is 34.1 Å². The van der Waals surface area contributed by atoms with Crippen molar-refractivity contribution in [1.29, 1.82) is 0 Å². The number of carbonyl (C=O) groups excluding carboxylic acids is 1. The third-order valence-corrected chi connectivity index (χ3v) is 3.50. The summed E-state index contributed by atoms with van der Waals surface area (Å²) in [5.41, 5.74) is 0.116. The Morgan fingerprint density at radius 2 is 1.84 bits per heavy atom. The summed E-state index contributed by atoms with van der Waals surface area (Å²) >= 11 is 6.15. The van der Waals surface area contributed by atoms with Crippen LogP contribution in [0.4, 0.5) is 0 Å². The second-order valence-electron chi connectivity index (χ2n) is 4.94. The van der Waals surface area contributed by atoms with E-state index in [1.54, 1.807) is 18.2 Å². The number of rotatable bonds is 8. The van der Waals surface area contributed by atoms with Gasteiger partial charge in [-0.3, -0.25) is 0 Å². The van der Waals surface area contributed by atoms with Crippen molar-refractivity contribution in [1.82, 2.24) is 9.97 Å². The molecule has 134 valence electrons. The lowest BCUT2D eigenvalue weighted by Crippen LogP contribution is -2.09. The first-order chi connectivity index (χ1) is 12.1. The van der Waals surface area contributed by atoms with Crippen LogP contribution in [0.25, 0.3) is 0 Å². The molecule has 0 amide bonds. The largest absolute Gasteiger partial charge is 0.481 e. The Labute approximate surface area is 150 Å². The number of carbonyl (C=O) groups is 1. The molecule has 0 aliphatic rings. The molecule has 0 saturated carbocycles. The average Bonchev–Trinajstić information content (AvgIpc) is 2.61. The van der Waals surface area contributed by atoms with Gasteiger partial charge in [-0.1, -0.05) is 31.0 Å². The molecule has 0 saturated heterocycles. The Morgan fingerprint density at radius 1 is 1.16 bits per heavy atom. The van der Waals surface area contributed by atoms with Crippen LogP contribution in [0.5, 0.6) is 23.5 Å². The fourth-order valence-corrected chi connectivity index (χ4v) is 2.15. The maximum absolute atomic E-state index is 12.3. The number of nitrogens with zero attached hydrogens (tertiary/aromatic N) is 2. The van der Waals surface area contributed by atoms with E-state index in [9.17, 15) is 4.79 Å². The van der Waals surface area contributed by atoms with Crippen LogP contribution in [0.1, 0.15) is 30.1 Å². The summed E-state index contributed by atoms with van der Waals surface area (Å²) in [6, 6.07) is 6.28. The molecule has 0 atom stereocenters. The molecule has 1 aromatic heterocycles. The fraction of sp³-hybridized carbons (Fsp3) is 0.353. The van der Waals surface area contributed by atoms with Gasteiger partial charge in [0.25, 0.3) is 0 Å². The Hall–Kier alpha value is -2.54. The van der Waals surface area contributed by atoms with Crippen molar-refractivity contribution in [2.45, 2.75) is 19.8 Å². The minimum atomic E-state index is -0.566. The molecule has 0 aliphatic heterocycles. The third-order valence-electron chi connectivity index (χ3n) is 3.19. The molecule has 8 heteroatoms. The molecule has 0 unspecified atom stereocenters. The molecule has 7 nitrogen and oxygen atoms in total. The lowest BCUT2D eigenvalue weighted by molar-refractivity contribution is 0.0497. The highest BCUT2D eigenvalue weighted by Gasteiger charge is 2.20. The van der Waals surface area contributed by atoms with E-state index < -0.39 is 5.97 Å². The number of hydrogen-bond donors (Lipinski definition) is 0. The highest BCUT2D eigenvalue weighted by molar-refractivity contribution is 6.34. The predicted molar refractivity (Wildman–Crippen MR) is 91.9 cm³/mol. The molecule has 25 heavy (non-hydrogen) atoms. The van der Waals surface area contributed by atoms with Gasteiger partial charge in [0.15, 0.2) is 0 Å². The van der Waals surface area contributed by atoms with Crippen LogP contribution >= 0.6 is 11.6 Å². The number of unbranched alkanes of at least 4 members (excludes halogenated alkanes) is 1. The molecular weight excluding hydrogens is 348 g/mol. The van der Waals surface area contributed by atoms with Gasteiger partial charge >= 0.3 is 12.0 Å². The zero-order valence-electron chi connectivity index (χ0n) is 14.2. The van der Waals surface area contributed by atoms with E-state index in [1.165, 1.54) is 20.3 Å². The smallest absolute Gasteiger partial charge is 0.343 e. The van der Waals surface area contributed by atoms with Crippen LogP contribution in [-0.2, 0) is 4.74 Å². The van der Waals surface area contributed by atoms with E-state index in [4.69, 9.17) is 30.5 Å². The quantitative estimate of drug-likeness (QED) is 0.517. The number of hydrogen-bond acceptors (Lipinski definition) is 7. The van der Waals surface area contributed by atoms with Crippen molar-refractivity contribution in [3.05, 3.63) is 34.9 Å². The summed E-state index contributed by atoms with van der Waals surface area (Å²) in [7, 11) is 2.92. The minimum Gasteiger partial charge on any atom is -0.481 e. The number of esters is 1. The topological polar surface area (TPSA) is 79.8 Å². The van der Waals surface area contributed by atoms with Gasteiger partial charge in [0.2, 0.25) is 11.8 Å². The monoisotopic (exact) mass is 366 g/mol. The lowest BCUT2D eigenvalue weighted by Gasteiger charge is -2.12. The summed E-state index contributed by atoms with van der Waals surface area (Å²) in [5, 5.41) is 0.217. The second-order valence-corrected chi connectivity index (χ2v) is 5.35. The molecule has 0 fully saturated rings. The van der Waals surface area contributed by atoms with Crippen molar-refractivity contribution < 1.29 is 23.7 Å². The highest BCUT2D eigenvalue weighted by atomic mass is 35.5. The van der Waals surface area contributed by atoms with Gasteiger partial charge in [-0.05, 0) is 18.6 Å². The minimum absolute atomic E-state index is 0.0407. The predicted octanol–water partition coefficient (Wildman–Crippen LogP) is 3.90.